The second-order valence-corrected chi connectivity index (χ2v) is 22.4. The van der Waals surface area contributed by atoms with Crippen LogP contribution in [-0.2, 0) is 14.3 Å². The van der Waals surface area contributed by atoms with Crippen LogP contribution in [-0.4, -0.2) is 47.4 Å². The van der Waals surface area contributed by atoms with Crippen LogP contribution in [0.3, 0.4) is 0 Å². The number of unbranched alkanes of at least 4 members (excludes halogenated alkanes) is 42. The Bertz CT molecular complexity index is 1240. The third-order valence-electron chi connectivity index (χ3n) is 15.1. The number of carbonyl (C=O) groups is 2. The molecule has 0 spiro atoms. The molecule has 434 valence electrons. The molecule has 6 heteroatoms. The lowest BCUT2D eigenvalue weighted by molar-refractivity contribution is -0.143. The van der Waals surface area contributed by atoms with Gasteiger partial charge in [0.2, 0.25) is 5.91 Å². The highest BCUT2D eigenvalue weighted by Gasteiger charge is 2.20. The molecule has 2 unspecified atom stereocenters. The Kier molecular flexibility index (Phi) is 61.5. The topological polar surface area (TPSA) is 95.9 Å². The van der Waals surface area contributed by atoms with Gasteiger partial charge in [-0.05, 0) is 83.5 Å². The zero-order valence-electron chi connectivity index (χ0n) is 49.6. The number of aliphatic hydroxyl groups is 2. The summed E-state index contributed by atoms with van der Waals surface area (Å²) in [6, 6.07) is -0.538. The van der Waals surface area contributed by atoms with E-state index in [2.05, 4.69) is 67.8 Å². The predicted octanol–water partition coefficient (Wildman–Crippen LogP) is 20.9. The van der Waals surface area contributed by atoms with Crippen LogP contribution in [0.5, 0.6) is 0 Å². The van der Waals surface area contributed by atoms with Crippen molar-refractivity contribution >= 4 is 11.9 Å². The van der Waals surface area contributed by atoms with E-state index in [9.17, 15) is 19.8 Å². The standard InChI is InChI=1S/C68H127NO5/c1-3-5-7-9-11-13-15-16-39-42-46-50-54-58-62-68(73)74-63-59-55-51-47-43-40-37-35-33-31-29-27-25-23-21-19-17-18-20-22-24-26-28-30-32-34-36-38-41-45-49-53-57-61-67(72)69-65(64-70)66(71)60-56-52-48-44-14-12-10-8-6-4-2/h9,11,15-16,21,23,27,29,65-66,70-71H,3-8,10,12-14,17-20,22,24-26,28,30-64H2,1-2H3,(H,69,72)/b11-9-,16-15-,23-21-,29-27-. The van der Waals surface area contributed by atoms with Crippen molar-refractivity contribution in [1.29, 1.82) is 0 Å². The maximum Gasteiger partial charge on any atom is 0.305 e. The van der Waals surface area contributed by atoms with Crippen molar-refractivity contribution < 1.29 is 24.5 Å². The van der Waals surface area contributed by atoms with Crippen molar-refractivity contribution in [3.8, 4) is 0 Å². The van der Waals surface area contributed by atoms with E-state index in [4.69, 9.17) is 4.74 Å². The second-order valence-electron chi connectivity index (χ2n) is 22.4. The highest BCUT2D eigenvalue weighted by molar-refractivity contribution is 5.76. The van der Waals surface area contributed by atoms with Crippen LogP contribution >= 0.6 is 0 Å². The van der Waals surface area contributed by atoms with Gasteiger partial charge in [0.1, 0.15) is 0 Å². The minimum atomic E-state index is -0.661. The third kappa shape index (κ3) is 59.1. The number of hydrogen-bond donors (Lipinski definition) is 3. The Morgan fingerprint density at radius 2 is 0.689 bits per heavy atom. The van der Waals surface area contributed by atoms with Crippen molar-refractivity contribution in [2.45, 2.75) is 360 Å². The number of amides is 1. The summed E-state index contributed by atoms with van der Waals surface area (Å²) in [6.45, 7) is 4.90. The normalized spacial score (nSPS) is 12.9. The molecule has 0 aromatic rings. The van der Waals surface area contributed by atoms with E-state index >= 15 is 0 Å². The maximum atomic E-state index is 12.4. The zero-order valence-corrected chi connectivity index (χ0v) is 49.6. The molecule has 0 fully saturated rings. The molecule has 3 N–H and O–H groups in total. The quantitative estimate of drug-likeness (QED) is 0.0320. The monoisotopic (exact) mass is 1040 g/mol. The minimum Gasteiger partial charge on any atom is -0.466 e. The van der Waals surface area contributed by atoms with Crippen molar-refractivity contribution in [3.05, 3.63) is 48.6 Å². The third-order valence-corrected chi connectivity index (χ3v) is 15.1. The van der Waals surface area contributed by atoms with Crippen LogP contribution in [0.2, 0.25) is 0 Å². The minimum absolute atomic E-state index is 0.000773. The van der Waals surface area contributed by atoms with Gasteiger partial charge in [0.15, 0.2) is 0 Å². The van der Waals surface area contributed by atoms with Crippen LogP contribution in [0.25, 0.3) is 0 Å². The Morgan fingerprint density at radius 1 is 0.378 bits per heavy atom. The first-order valence-corrected chi connectivity index (χ1v) is 32.9. The molecule has 0 radical (unpaired) electrons. The summed E-state index contributed by atoms with van der Waals surface area (Å²) in [4.78, 5) is 24.5. The van der Waals surface area contributed by atoms with E-state index < -0.39 is 12.1 Å². The molecule has 74 heavy (non-hydrogen) atoms. The van der Waals surface area contributed by atoms with Crippen molar-refractivity contribution in [2.75, 3.05) is 13.2 Å². The van der Waals surface area contributed by atoms with Crippen LogP contribution < -0.4 is 5.32 Å². The van der Waals surface area contributed by atoms with Gasteiger partial charge in [-0.25, -0.2) is 0 Å². The summed E-state index contributed by atoms with van der Waals surface area (Å²) in [5.41, 5.74) is 0. The number of nitrogens with one attached hydrogen (secondary N) is 1. The first kappa shape index (κ1) is 71.8. The fourth-order valence-electron chi connectivity index (χ4n) is 10.0. The fraction of sp³-hybridized carbons (Fsp3) is 0.853. The molecule has 6 nitrogen and oxygen atoms in total. The molecule has 0 aliphatic carbocycles. The van der Waals surface area contributed by atoms with Gasteiger partial charge in [0.05, 0.1) is 25.4 Å². The van der Waals surface area contributed by atoms with Gasteiger partial charge in [-0.3, -0.25) is 9.59 Å². The van der Waals surface area contributed by atoms with E-state index in [0.717, 1.165) is 57.8 Å². The average Bonchev–Trinajstić information content (AvgIpc) is 3.40. The first-order chi connectivity index (χ1) is 36.5. The van der Waals surface area contributed by atoms with Crippen LogP contribution in [0, 0.1) is 0 Å². The fourth-order valence-corrected chi connectivity index (χ4v) is 10.0. The summed E-state index contributed by atoms with van der Waals surface area (Å²) < 4.78 is 5.47. The number of allylic oxidation sites excluding steroid dienone is 8. The molecule has 0 aliphatic heterocycles. The summed E-state index contributed by atoms with van der Waals surface area (Å²) in [6.07, 6.45) is 81.6. The van der Waals surface area contributed by atoms with Gasteiger partial charge in [0.25, 0.3) is 0 Å². The number of carbonyl (C=O) groups excluding carboxylic acids is 2. The molecule has 0 saturated carbocycles. The van der Waals surface area contributed by atoms with Crippen molar-refractivity contribution in [1.82, 2.24) is 5.32 Å². The molecular formula is C68H127NO5. The number of hydrogen-bond acceptors (Lipinski definition) is 5. The summed E-state index contributed by atoms with van der Waals surface area (Å²) in [5.74, 6) is -0.0348. The number of rotatable bonds is 61. The van der Waals surface area contributed by atoms with Crippen molar-refractivity contribution in [3.63, 3.8) is 0 Å². The Morgan fingerprint density at radius 3 is 1.07 bits per heavy atom. The molecule has 1 amide bonds. The highest BCUT2D eigenvalue weighted by atomic mass is 16.5. The Balaban J connectivity index is 3.37. The van der Waals surface area contributed by atoms with Crippen molar-refractivity contribution in [2.24, 2.45) is 0 Å². The van der Waals surface area contributed by atoms with E-state index in [1.165, 1.54) is 257 Å². The first-order valence-electron chi connectivity index (χ1n) is 32.9. The molecule has 0 bridgehead atoms. The molecule has 0 saturated heterocycles. The average molecular weight is 1040 g/mol. The molecule has 0 rings (SSSR count). The SMILES string of the molecule is CCCC/C=C\C/C=C\CCCCCCCC(=O)OCCCCCCCCCCC/C=C\C/C=C\CCCCCCCCCCCCCCCCCCCC(=O)NC(CO)C(O)CCCCCCCCCCCC. The summed E-state index contributed by atoms with van der Waals surface area (Å²) in [7, 11) is 0. The Labute approximate surface area is 461 Å². The van der Waals surface area contributed by atoms with Gasteiger partial charge in [-0.2, -0.15) is 0 Å². The van der Waals surface area contributed by atoms with E-state index in [0.29, 0.717) is 25.9 Å². The van der Waals surface area contributed by atoms with E-state index in [1.807, 2.05) is 0 Å². The summed E-state index contributed by atoms with van der Waals surface area (Å²) in [5, 5.41) is 23.2. The highest BCUT2D eigenvalue weighted by Crippen LogP contribution is 2.18. The lowest BCUT2D eigenvalue weighted by atomic mass is 10.0. The lowest BCUT2D eigenvalue weighted by Crippen LogP contribution is -2.45. The van der Waals surface area contributed by atoms with Crippen LogP contribution in [0.15, 0.2) is 48.6 Å². The van der Waals surface area contributed by atoms with Gasteiger partial charge in [0, 0.05) is 12.8 Å². The van der Waals surface area contributed by atoms with Gasteiger partial charge < -0.3 is 20.3 Å². The zero-order chi connectivity index (χ0) is 53.6. The van der Waals surface area contributed by atoms with E-state index in [-0.39, 0.29) is 18.5 Å². The Hall–Kier alpha value is -2.18. The number of ether oxygens (including phenoxy) is 1. The predicted molar refractivity (Wildman–Crippen MR) is 324 cm³/mol. The largest absolute Gasteiger partial charge is 0.466 e. The second kappa shape index (κ2) is 63.4. The van der Waals surface area contributed by atoms with Gasteiger partial charge >= 0.3 is 5.97 Å². The lowest BCUT2D eigenvalue weighted by Gasteiger charge is -2.22. The van der Waals surface area contributed by atoms with Gasteiger partial charge in [-0.15, -0.1) is 0 Å². The van der Waals surface area contributed by atoms with E-state index in [1.54, 1.807) is 0 Å². The molecular weight excluding hydrogens is 911 g/mol. The molecule has 2 atom stereocenters. The van der Waals surface area contributed by atoms with Crippen LogP contribution in [0.4, 0.5) is 0 Å². The molecule has 0 aromatic carbocycles. The number of esters is 1. The smallest absolute Gasteiger partial charge is 0.305 e. The maximum absolute atomic E-state index is 12.4. The summed E-state index contributed by atoms with van der Waals surface area (Å²) >= 11 is 0. The number of aliphatic hydroxyl groups excluding tert-OH is 2. The molecule has 0 aromatic heterocycles. The molecule has 0 aliphatic rings. The van der Waals surface area contributed by atoms with Crippen LogP contribution in [0.1, 0.15) is 348 Å². The molecule has 0 heterocycles. The van der Waals surface area contributed by atoms with Gasteiger partial charge in [-0.1, -0.05) is 300 Å².